The van der Waals surface area contributed by atoms with Gasteiger partial charge in [0.1, 0.15) is 12.4 Å². The molecule has 1 heterocycles. The van der Waals surface area contributed by atoms with E-state index in [1.54, 1.807) is 35.5 Å². The molecule has 8 heteroatoms. The zero-order valence-electron chi connectivity index (χ0n) is 17.0. The third-order valence-corrected chi connectivity index (χ3v) is 5.46. The van der Waals surface area contributed by atoms with E-state index in [2.05, 4.69) is 0 Å². The average molecular weight is 423 g/mol. The molecule has 0 unspecified atom stereocenters. The van der Waals surface area contributed by atoms with Crippen molar-refractivity contribution in [3.05, 3.63) is 57.5 Å². The van der Waals surface area contributed by atoms with Crippen LogP contribution in [0.3, 0.4) is 0 Å². The van der Waals surface area contributed by atoms with Gasteiger partial charge >= 0.3 is 0 Å². The largest absolute Gasteiger partial charge is 0.383 e. The summed E-state index contributed by atoms with van der Waals surface area (Å²) in [6.45, 7) is 3.20. The number of aryl methyl sites for hydroxylation is 1. The molecule has 0 aliphatic carbocycles. The molecule has 1 aromatic carbocycles. The van der Waals surface area contributed by atoms with Crippen LogP contribution in [-0.4, -0.2) is 62.1 Å². The summed E-state index contributed by atoms with van der Waals surface area (Å²) in [6.07, 6.45) is 0. The summed E-state index contributed by atoms with van der Waals surface area (Å²) in [5, 5.41) is 1.98. The molecule has 0 saturated heterocycles. The van der Waals surface area contributed by atoms with Crippen molar-refractivity contribution < 1.29 is 23.5 Å². The first-order valence-corrected chi connectivity index (χ1v) is 10.1. The summed E-state index contributed by atoms with van der Waals surface area (Å²) in [4.78, 5) is 29.6. The number of hydrogen-bond acceptors (Lipinski definition) is 5. The van der Waals surface area contributed by atoms with E-state index >= 15 is 0 Å². The molecular formula is C21H27FN2O4S. The second-order valence-electron chi connectivity index (χ2n) is 6.64. The second kappa shape index (κ2) is 11.6. The molecule has 6 nitrogen and oxygen atoms in total. The highest BCUT2D eigenvalue weighted by atomic mass is 32.1. The van der Waals surface area contributed by atoms with Crippen molar-refractivity contribution in [2.24, 2.45) is 0 Å². The number of rotatable bonds is 11. The topological polar surface area (TPSA) is 59.1 Å². The van der Waals surface area contributed by atoms with Gasteiger partial charge in [0, 0.05) is 32.2 Å². The first-order chi connectivity index (χ1) is 13.9. The van der Waals surface area contributed by atoms with Crippen LogP contribution in [0.1, 0.15) is 16.0 Å². The Morgan fingerprint density at radius 1 is 1.00 bits per heavy atom. The number of benzene rings is 1. The first-order valence-electron chi connectivity index (χ1n) is 9.25. The molecule has 0 spiro atoms. The van der Waals surface area contributed by atoms with Crippen molar-refractivity contribution in [1.29, 1.82) is 0 Å². The number of halogens is 1. The molecule has 2 aromatic rings. The minimum atomic E-state index is -0.323. The van der Waals surface area contributed by atoms with Gasteiger partial charge in [-0.15, -0.1) is 11.3 Å². The molecule has 1 aromatic heterocycles. The predicted octanol–water partition coefficient (Wildman–Crippen LogP) is 2.85. The lowest BCUT2D eigenvalue weighted by molar-refractivity contribution is -0.143. The van der Waals surface area contributed by atoms with Crippen LogP contribution >= 0.6 is 11.3 Å². The Balaban J connectivity index is 2.17. The van der Waals surface area contributed by atoms with Gasteiger partial charge in [-0.25, -0.2) is 4.39 Å². The van der Waals surface area contributed by atoms with Crippen LogP contribution in [0, 0.1) is 12.7 Å². The molecule has 2 amide bonds. The number of thiophene rings is 1. The standard InChI is InChI=1S/C21H27FN2O4S/c1-16-8-11-29-19(16)13-24(12-17-4-6-18(22)7-5-17)20(25)14-23(9-10-27-2)21(26)15-28-3/h4-8,11H,9-10,12-15H2,1-3H3. The molecule has 158 valence electrons. The first kappa shape index (κ1) is 23.0. The number of hydrogen-bond donors (Lipinski definition) is 0. The summed E-state index contributed by atoms with van der Waals surface area (Å²) >= 11 is 1.58. The Hall–Kier alpha value is -2.29. The summed E-state index contributed by atoms with van der Waals surface area (Å²) in [5.41, 5.74) is 1.93. The maximum Gasteiger partial charge on any atom is 0.249 e. The predicted molar refractivity (Wildman–Crippen MR) is 110 cm³/mol. The lowest BCUT2D eigenvalue weighted by Crippen LogP contribution is -2.44. The highest BCUT2D eigenvalue weighted by molar-refractivity contribution is 7.10. The Labute approximate surface area is 174 Å². The monoisotopic (exact) mass is 422 g/mol. The van der Waals surface area contributed by atoms with Gasteiger partial charge in [0.2, 0.25) is 11.8 Å². The molecule has 0 aliphatic heterocycles. The summed E-state index contributed by atoms with van der Waals surface area (Å²) in [5.74, 6) is -0.786. The molecule has 0 N–H and O–H groups in total. The summed E-state index contributed by atoms with van der Waals surface area (Å²) < 4.78 is 23.2. The molecule has 0 radical (unpaired) electrons. The molecule has 29 heavy (non-hydrogen) atoms. The van der Waals surface area contributed by atoms with Crippen molar-refractivity contribution in [3.8, 4) is 0 Å². The fraction of sp³-hybridized carbons (Fsp3) is 0.429. The third kappa shape index (κ3) is 7.23. The van der Waals surface area contributed by atoms with Gasteiger partial charge in [0.15, 0.2) is 0 Å². The smallest absolute Gasteiger partial charge is 0.249 e. The number of ether oxygens (including phenoxy) is 2. The zero-order valence-corrected chi connectivity index (χ0v) is 17.8. The molecule has 0 bridgehead atoms. The number of amides is 2. The van der Waals surface area contributed by atoms with Crippen molar-refractivity contribution in [3.63, 3.8) is 0 Å². The minimum Gasteiger partial charge on any atom is -0.383 e. The Morgan fingerprint density at radius 3 is 2.31 bits per heavy atom. The van der Waals surface area contributed by atoms with E-state index in [9.17, 15) is 14.0 Å². The SMILES string of the molecule is COCCN(CC(=O)N(Cc1ccc(F)cc1)Cc1sccc1C)C(=O)COC. The maximum absolute atomic E-state index is 13.2. The average Bonchev–Trinajstić information content (AvgIpc) is 3.10. The van der Waals surface area contributed by atoms with Crippen molar-refractivity contribution in [2.45, 2.75) is 20.0 Å². The van der Waals surface area contributed by atoms with E-state index in [-0.39, 0.29) is 30.8 Å². The fourth-order valence-electron chi connectivity index (χ4n) is 2.75. The Kier molecular flexibility index (Phi) is 9.24. The molecular weight excluding hydrogens is 395 g/mol. The van der Waals surface area contributed by atoms with Crippen LogP contribution in [0.25, 0.3) is 0 Å². The second-order valence-corrected chi connectivity index (χ2v) is 7.64. The highest BCUT2D eigenvalue weighted by Gasteiger charge is 2.22. The van der Waals surface area contributed by atoms with Gasteiger partial charge in [-0.1, -0.05) is 12.1 Å². The van der Waals surface area contributed by atoms with E-state index in [0.717, 1.165) is 16.0 Å². The van der Waals surface area contributed by atoms with Crippen LogP contribution in [-0.2, 0) is 32.2 Å². The van der Waals surface area contributed by atoms with Crippen molar-refractivity contribution in [1.82, 2.24) is 9.80 Å². The van der Waals surface area contributed by atoms with Gasteiger partial charge < -0.3 is 19.3 Å². The molecule has 0 aliphatic rings. The van der Waals surface area contributed by atoms with Gasteiger partial charge in [0.25, 0.3) is 0 Å². The lowest BCUT2D eigenvalue weighted by atomic mass is 10.2. The third-order valence-electron chi connectivity index (χ3n) is 4.45. The van der Waals surface area contributed by atoms with Crippen molar-refractivity contribution in [2.75, 3.05) is 40.5 Å². The zero-order chi connectivity index (χ0) is 21.2. The fourth-order valence-corrected chi connectivity index (χ4v) is 3.67. The van der Waals surface area contributed by atoms with Crippen LogP contribution < -0.4 is 0 Å². The highest BCUT2D eigenvalue weighted by Crippen LogP contribution is 2.20. The van der Waals surface area contributed by atoms with E-state index in [4.69, 9.17) is 9.47 Å². The van der Waals surface area contributed by atoms with Gasteiger partial charge in [-0.05, 0) is 41.6 Å². The van der Waals surface area contributed by atoms with E-state index in [0.29, 0.717) is 26.2 Å². The normalized spacial score (nSPS) is 10.8. The van der Waals surface area contributed by atoms with E-state index in [1.165, 1.54) is 24.1 Å². The molecule has 2 rings (SSSR count). The molecule has 0 fully saturated rings. The number of carbonyl (C=O) groups excluding carboxylic acids is 2. The van der Waals surface area contributed by atoms with Gasteiger partial charge in [-0.2, -0.15) is 0 Å². The van der Waals surface area contributed by atoms with Crippen LogP contribution in [0.4, 0.5) is 4.39 Å². The van der Waals surface area contributed by atoms with Crippen LogP contribution in [0.2, 0.25) is 0 Å². The van der Waals surface area contributed by atoms with Gasteiger partial charge in [0.05, 0.1) is 19.7 Å². The summed E-state index contributed by atoms with van der Waals surface area (Å²) in [7, 11) is 2.98. The number of carbonyl (C=O) groups is 2. The molecule has 0 atom stereocenters. The van der Waals surface area contributed by atoms with E-state index in [1.807, 2.05) is 18.4 Å². The minimum absolute atomic E-state index is 0.0723. The quantitative estimate of drug-likeness (QED) is 0.559. The van der Waals surface area contributed by atoms with Crippen LogP contribution in [0.5, 0.6) is 0 Å². The lowest BCUT2D eigenvalue weighted by Gasteiger charge is -2.27. The van der Waals surface area contributed by atoms with E-state index < -0.39 is 0 Å². The number of methoxy groups -OCH3 is 2. The summed E-state index contributed by atoms with van der Waals surface area (Å²) in [6, 6.07) is 8.08. The number of nitrogens with zero attached hydrogens (tertiary/aromatic N) is 2. The Morgan fingerprint density at radius 2 is 1.72 bits per heavy atom. The Bertz CT molecular complexity index is 794. The van der Waals surface area contributed by atoms with Crippen LogP contribution in [0.15, 0.2) is 35.7 Å². The van der Waals surface area contributed by atoms with Crippen molar-refractivity contribution >= 4 is 23.2 Å². The maximum atomic E-state index is 13.2. The van der Waals surface area contributed by atoms with Gasteiger partial charge in [-0.3, -0.25) is 9.59 Å². The molecule has 0 saturated carbocycles.